The Kier molecular flexibility index (Phi) is 6.28. The largest absolute Gasteiger partial charge is 0.401 e. The lowest BCUT2D eigenvalue weighted by atomic mass is 10.3. The van der Waals surface area contributed by atoms with Crippen molar-refractivity contribution in [2.45, 2.75) is 12.2 Å². The predicted molar refractivity (Wildman–Crippen MR) is 125 cm³/mol. The van der Waals surface area contributed by atoms with Gasteiger partial charge in [-0.05, 0) is 53.5 Å². The molecule has 0 radical (unpaired) electrons. The van der Waals surface area contributed by atoms with Crippen LogP contribution in [-0.4, -0.2) is 27.1 Å². The van der Waals surface area contributed by atoms with E-state index in [2.05, 4.69) is 123 Å². The summed E-state index contributed by atoms with van der Waals surface area (Å²) in [6.07, 6.45) is 2.18. The molecule has 0 amide bonds. The van der Waals surface area contributed by atoms with E-state index < -0.39 is 8.32 Å². The second kappa shape index (κ2) is 8.89. The molecule has 142 valence electrons. The van der Waals surface area contributed by atoms with E-state index in [1.807, 2.05) is 6.08 Å². The normalized spacial score (nSPS) is 18.5. The summed E-state index contributed by atoms with van der Waals surface area (Å²) in [5.41, 5.74) is 0. The van der Waals surface area contributed by atoms with Crippen LogP contribution in [0, 0.1) is 0 Å². The summed E-state index contributed by atoms with van der Waals surface area (Å²) in [7, 11) is -2.64. The molecule has 0 aliphatic carbocycles. The number of epoxide rings is 1. The summed E-state index contributed by atoms with van der Waals surface area (Å²) in [5, 5.41) is 3.71. The van der Waals surface area contributed by atoms with Crippen LogP contribution in [-0.2, 0) is 9.16 Å². The SMILES string of the molecule is BrC(Br)=CC1OC1CO[Si](c1ccccc1)(c1ccccc1)c1ccccc1. The first-order valence-corrected chi connectivity index (χ1v) is 12.7. The molecule has 5 heteroatoms. The molecule has 1 fully saturated rings. The minimum absolute atomic E-state index is 0.0770. The lowest BCUT2D eigenvalue weighted by Gasteiger charge is -2.33. The monoisotopic (exact) mass is 514 g/mol. The highest BCUT2D eigenvalue weighted by Gasteiger charge is 2.45. The van der Waals surface area contributed by atoms with Crippen LogP contribution in [0.25, 0.3) is 0 Å². The Morgan fingerprint density at radius 3 is 1.61 bits per heavy atom. The maximum Gasteiger partial charge on any atom is 0.288 e. The quantitative estimate of drug-likeness (QED) is 0.269. The van der Waals surface area contributed by atoms with Crippen molar-refractivity contribution in [3.05, 3.63) is 100 Å². The first-order valence-electron chi connectivity index (χ1n) is 9.19. The maximum absolute atomic E-state index is 6.88. The Hall–Kier alpha value is -1.50. The van der Waals surface area contributed by atoms with Crippen molar-refractivity contribution in [1.29, 1.82) is 0 Å². The molecule has 3 aromatic carbocycles. The summed E-state index contributed by atoms with van der Waals surface area (Å²) in [4.78, 5) is 0. The lowest BCUT2D eigenvalue weighted by molar-refractivity contribution is 0.264. The average molecular weight is 516 g/mol. The highest BCUT2D eigenvalue weighted by Crippen LogP contribution is 2.29. The third-order valence-electron chi connectivity index (χ3n) is 4.92. The topological polar surface area (TPSA) is 21.8 Å². The summed E-state index contributed by atoms with van der Waals surface area (Å²) in [6, 6.07) is 31.8. The first-order chi connectivity index (χ1) is 13.7. The van der Waals surface area contributed by atoms with Crippen LogP contribution in [0.3, 0.4) is 0 Å². The van der Waals surface area contributed by atoms with Gasteiger partial charge in [0.15, 0.2) is 0 Å². The van der Waals surface area contributed by atoms with E-state index in [1.54, 1.807) is 0 Å². The van der Waals surface area contributed by atoms with Crippen molar-refractivity contribution in [2.75, 3.05) is 6.61 Å². The second-order valence-electron chi connectivity index (χ2n) is 6.69. The van der Waals surface area contributed by atoms with Gasteiger partial charge in [-0.15, -0.1) is 0 Å². The van der Waals surface area contributed by atoms with Gasteiger partial charge in [-0.1, -0.05) is 91.0 Å². The molecular formula is C23H20Br2O2Si. The molecule has 1 saturated heterocycles. The number of rotatable bonds is 7. The molecule has 2 atom stereocenters. The molecule has 1 heterocycles. The number of benzene rings is 3. The van der Waals surface area contributed by atoms with Gasteiger partial charge in [0.25, 0.3) is 8.32 Å². The van der Waals surface area contributed by atoms with Crippen LogP contribution in [0.5, 0.6) is 0 Å². The van der Waals surface area contributed by atoms with Gasteiger partial charge in [0.1, 0.15) is 12.2 Å². The van der Waals surface area contributed by atoms with E-state index in [4.69, 9.17) is 9.16 Å². The molecule has 1 aliphatic rings. The Bertz CT molecular complexity index is 832. The fourth-order valence-corrected chi connectivity index (χ4v) is 7.96. The summed E-state index contributed by atoms with van der Waals surface area (Å²) >= 11 is 6.82. The highest BCUT2D eigenvalue weighted by molar-refractivity contribution is 9.28. The maximum atomic E-state index is 6.88. The highest BCUT2D eigenvalue weighted by atomic mass is 79.9. The number of ether oxygens (including phenoxy) is 1. The van der Waals surface area contributed by atoms with Crippen LogP contribution in [0.1, 0.15) is 0 Å². The Morgan fingerprint density at radius 2 is 1.21 bits per heavy atom. The van der Waals surface area contributed by atoms with Gasteiger partial charge in [-0.2, -0.15) is 0 Å². The van der Waals surface area contributed by atoms with Crippen LogP contribution >= 0.6 is 31.9 Å². The molecule has 3 aromatic rings. The van der Waals surface area contributed by atoms with Gasteiger partial charge in [-0.3, -0.25) is 0 Å². The Balaban J connectivity index is 1.77. The summed E-state index contributed by atoms with van der Waals surface area (Å²) in [5.74, 6) is 0. The van der Waals surface area contributed by atoms with Crippen molar-refractivity contribution in [1.82, 2.24) is 0 Å². The fraction of sp³-hybridized carbons (Fsp3) is 0.130. The first kappa shape index (κ1) is 19.8. The van der Waals surface area contributed by atoms with Gasteiger partial charge in [0.2, 0.25) is 0 Å². The molecule has 0 spiro atoms. The molecule has 2 nitrogen and oxygen atoms in total. The Morgan fingerprint density at radius 1 is 0.786 bits per heavy atom. The zero-order chi connectivity index (χ0) is 19.4. The van der Waals surface area contributed by atoms with Gasteiger partial charge in [0.05, 0.1) is 10.00 Å². The van der Waals surface area contributed by atoms with Crippen LogP contribution in [0.2, 0.25) is 0 Å². The Labute approximate surface area is 183 Å². The molecular weight excluding hydrogens is 496 g/mol. The van der Waals surface area contributed by atoms with Gasteiger partial charge in [0, 0.05) is 0 Å². The number of halogens is 2. The molecule has 0 bridgehead atoms. The van der Waals surface area contributed by atoms with Gasteiger partial charge >= 0.3 is 0 Å². The van der Waals surface area contributed by atoms with Crippen molar-refractivity contribution < 1.29 is 9.16 Å². The number of hydrogen-bond acceptors (Lipinski definition) is 2. The fourth-order valence-electron chi connectivity index (χ4n) is 3.54. The van der Waals surface area contributed by atoms with Crippen molar-refractivity contribution in [3.8, 4) is 0 Å². The van der Waals surface area contributed by atoms with Gasteiger partial charge in [-0.25, -0.2) is 0 Å². The summed E-state index contributed by atoms with van der Waals surface area (Å²) < 4.78 is 13.6. The second-order valence-corrected chi connectivity index (χ2v) is 12.8. The van der Waals surface area contributed by atoms with E-state index in [0.29, 0.717) is 6.61 Å². The summed E-state index contributed by atoms with van der Waals surface area (Å²) in [6.45, 7) is 0.555. The van der Waals surface area contributed by atoms with Crippen molar-refractivity contribution in [2.24, 2.45) is 0 Å². The van der Waals surface area contributed by atoms with Crippen LogP contribution < -0.4 is 15.6 Å². The van der Waals surface area contributed by atoms with Crippen LogP contribution in [0.15, 0.2) is 100 Å². The lowest BCUT2D eigenvalue weighted by Crippen LogP contribution is -2.69. The van der Waals surface area contributed by atoms with Gasteiger partial charge < -0.3 is 9.16 Å². The van der Waals surface area contributed by atoms with E-state index in [9.17, 15) is 0 Å². The molecule has 0 saturated carbocycles. The minimum Gasteiger partial charge on any atom is -0.401 e. The number of hydrogen-bond donors (Lipinski definition) is 0. The smallest absolute Gasteiger partial charge is 0.288 e. The van der Waals surface area contributed by atoms with Crippen molar-refractivity contribution >= 4 is 55.7 Å². The zero-order valence-corrected chi connectivity index (χ0v) is 19.3. The van der Waals surface area contributed by atoms with Crippen molar-refractivity contribution in [3.63, 3.8) is 0 Å². The van der Waals surface area contributed by atoms with E-state index in [1.165, 1.54) is 15.6 Å². The molecule has 2 unspecified atom stereocenters. The third-order valence-corrected chi connectivity index (χ3v) is 9.48. The standard InChI is InChI=1S/C23H20Br2O2Si/c24-23(25)16-21-22(27-21)17-26-28(18-10-4-1-5-11-18,19-12-6-2-7-13-19)20-14-8-3-9-15-20/h1-16,21-22H,17H2. The molecule has 0 N–H and O–H groups in total. The molecule has 0 aromatic heterocycles. The van der Waals surface area contributed by atoms with E-state index in [-0.39, 0.29) is 12.2 Å². The van der Waals surface area contributed by atoms with E-state index >= 15 is 0 Å². The minimum atomic E-state index is -2.64. The zero-order valence-electron chi connectivity index (χ0n) is 15.2. The predicted octanol–water partition coefficient (Wildman–Crippen LogP) is 4.07. The average Bonchev–Trinajstić information content (AvgIpc) is 3.48. The third kappa shape index (κ3) is 4.24. The molecule has 4 rings (SSSR count). The molecule has 28 heavy (non-hydrogen) atoms. The molecule has 1 aliphatic heterocycles. The van der Waals surface area contributed by atoms with E-state index in [0.717, 1.165) is 3.39 Å². The van der Waals surface area contributed by atoms with Crippen LogP contribution in [0.4, 0.5) is 0 Å².